The molecule has 0 aromatic heterocycles. The molecule has 10 heteroatoms. The van der Waals surface area contributed by atoms with Gasteiger partial charge < -0.3 is 25.2 Å². The first-order valence-electron chi connectivity index (χ1n) is 8.43. The molecule has 3 N–H and O–H groups in total. The summed E-state index contributed by atoms with van der Waals surface area (Å²) >= 11 is 0. The average molecular weight is 387 g/mol. The van der Waals surface area contributed by atoms with Gasteiger partial charge in [0.2, 0.25) is 10.0 Å². The predicted octanol–water partition coefficient (Wildman–Crippen LogP) is -0.0855. The van der Waals surface area contributed by atoms with E-state index < -0.39 is 22.2 Å². The monoisotopic (exact) mass is 387 g/mol. The van der Waals surface area contributed by atoms with Gasteiger partial charge in [-0.05, 0) is 31.2 Å². The fourth-order valence-electron chi connectivity index (χ4n) is 2.52. The number of aliphatic hydroxyl groups is 2. The van der Waals surface area contributed by atoms with Crippen molar-refractivity contribution in [2.24, 2.45) is 0 Å². The van der Waals surface area contributed by atoms with E-state index in [2.05, 4.69) is 5.32 Å². The molecule has 0 spiro atoms. The van der Waals surface area contributed by atoms with Gasteiger partial charge in [0.05, 0.1) is 24.2 Å². The molecule has 146 valence electrons. The molecule has 9 nitrogen and oxygen atoms in total. The lowest BCUT2D eigenvalue weighted by Crippen LogP contribution is -2.50. The quantitative estimate of drug-likeness (QED) is 0.598. The van der Waals surface area contributed by atoms with Gasteiger partial charge in [-0.3, -0.25) is 0 Å². The predicted molar refractivity (Wildman–Crippen MR) is 95.4 cm³/mol. The van der Waals surface area contributed by atoms with Crippen LogP contribution in [-0.2, 0) is 14.8 Å². The van der Waals surface area contributed by atoms with Crippen LogP contribution in [0, 0.1) is 0 Å². The van der Waals surface area contributed by atoms with Crippen molar-refractivity contribution in [3.63, 3.8) is 0 Å². The van der Waals surface area contributed by atoms with E-state index in [1.165, 1.54) is 21.3 Å². The molecule has 1 amide bonds. The second kappa shape index (κ2) is 9.17. The van der Waals surface area contributed by atoms with E-state index in [4.69, 9.17) is 9.84 Å². The van der Waals surface area contributed by atoms with Gasteiger partial charge in [-0.25, -0.2) is 13.2 Å². The summed E-state index contributed by atoms with van der Waals surface area (Å²) in [6, 6.07) is 6.18. The first-order valence-corrected chi connectivity index (χ1v) is 9.87. The zero-order valence-electron chi connectivity index (χ0n) is 14.7. The fraction of sp³-hybridized carbons (Fsp3) is 0.562. The standard InChI is InChI=1S/C16H25N3O6S/c1-2-25-16(22)18-7-9-19(10-8-18)26(23,24)15-5-3-13(4-6-15)17-11-14(21)12-20/h3-6,14,17,20-21H,2,7-12H2,1H3. The van der Waals surface area contributed by atoms with Crippen LogP contribution in [0.2, 0.25) is 0 Å². The van der Waals surface area contributed by atoms with Crippen molar-refractivity contribution in [2.45, 2.75) is 17.9 Å². The zero-order valence-corrected chi connectivity index (χ0v) is 15.5. The summed E-state index contributed by atoms with van der Waals surface area (Å²) in [7, 11) is -3.64. The van der Waals surface area contributed by atoms with Gasteiger partial charge in [0.25, 0.3) is 0 Å². The molecular formula is C16H25N3O6S. The van der Waals surface area contributed by atoms with Crippen LogP contribution in [0.25, 0.3) is 0 Å². The number of carbonyl (C=O) groups is 1. The highest BCUT2D eigenvalue weighted by Crippen LogP contribution is 2.20. The molecule has 0 radical (unpaired) electrons. The van der Waals surface area contributed by atoms with Crippen LogP contribution in [0.15, 0.2) is 29.2 Å². The normalized spacial score (nSPS) is 17.0. The van der Waals surface area contributed by atoms with Gasteiger partial charge in [-0.2, -0.15) is 4.31 Å². The molecular weight excluding hydrogens is 362 g/mol. The number of aliphatic hydroxyl groups excluding tert-OH is 2. The summed E-state index contributed by atoms with van der Waals surface area (Å²) in [4.78, 5) is 13.3. The molecule has 1 aliphatic rings. The summed E-state index contributed by atoms with van der Waals surface area (Å²) < 4.78 is 31.7. The first kappa shape index (κ1) is 20.4. The van der Waals surface area contributed by atoms with Crippen molar-refractivity contribution >= 4 is 21.8 Å². The Morgan fingerprint density at radius 2 is 1.85 bits per heavy atom. The van der Waals surface area contributed by atoms with Gasteiger partial charge in [-0.15, -0.1) is 0 Å². The van der Waals surface area contributed by atoms with Crippen molar-refractivity contribution in [3.05, 3.63) is 24.3 Å². The Balaban J connectivity index is 1.96. The van der Waals surface area contributed by atoms with Crippen LogP contribution >= 0.6 is 0 Å². The highest BCUT2D eigenvalue weighted by atomic mass is 32.2. The number of benzene rings is 1. The summed E-state index contributed by atoms with van der Waals surface area (Å²) in [5, 5.41) is 21.0. The maximum absolute atomic E-state index is 12.7. The van der Waals surface area contributed by atoms with E-state index in [1.807, 2.05) is 0 Å². The minimum atomic E-state index is -3.64. The third kappa shape index (κ3) is 5.07. The number of nitrogens with one attached hydrogen (secondary N) is 1. The molecule has 1 heterocycles. The van der Waals surface area contributed by atoms with Crippen LogP contribution in [0.4, 0.5) is 10.5 Å². The third-order valence-corrected chi connectivity index (χ3v) is 5.92. The van der Waals surface area contributed by atoms with Crippen molar-refractivity contribution < 1.29 is 28.2 Å². The van der Waals surface area contributed by atoms with Gasteiger partial charge >= 0.3 is 6.09 Å². The second-order valence-electron chi connectivity index (χ2n) is 5.83. The Hall–Kier alpha value is -1.88. The van der Waals surface area contributed by atoms with Gasteiger partial charge in [0.15, 0.2) is 0 Å². The Kier molecular flexibility index (Phi) is 7.21. The molecule has 1 atom stereocenters. The number of sulfonamides is 1. The molecule has 26 heavy (non-hydrogen) atoms. The Morgan fingerprint density at radius 1 is 1.23 bits per heavy atom. The molecule has 0 aliphatic carbocycles. The van der Waals surface area contributed by atoms with Crippen LogP contribution in [0.1, 0.15) is 6.92 Å². The summed E-state index contributed by atoms with van der Waals surface area (Å²) in [5.74, 6) is 0. The Labute approximate surface area is 153 Å². The Morgan fingerprint density at radius 3 is 2.38 bits per heavy atom. The maximum Gasteiger partial charge on any atom is 0.409 e. The maximum atomic E-state index is 12.7. The smallest absolute Gasteiger partial charge is 0.409 e. The van der Waals surface area contributed by atoms with E-state index in [0.717, 1.165) is 0 Å². The number of amides is 1. The summed E-state index contributed by atoms with van der Waals surface area (Å²) in [5.41, 5.74) is 0.642. The SMILES string of the molecule is CCOC(=O)N1CCN(S(=O)(=O)c2ccc(NCC(O)CO)cc2)CC1. The van der Waals surface area contributed by atoms with Crippen LogP contribution in [0.5, 0.6) is 0 Å². The van der Waals surface area contributed by atoms with Gasteiger partial charge in [0, 0.05) is 38.4 Å². The number of rotatable bonds is 7. The van der Waals surface area contributed by atoms with E-state index in [9.17, 15) is 18.3 Å². The summed E-state index contributed by atoms with van der Waals surface area (Å²) in [6.45, 7) is 2.82. The van der Waals surface area contributed by atoms with E-state index >= 15 is 0 Å². The molecule has 1 unspecified atom stereocenters. The lowest BCUT2D eigenvalue weighted by Gasteiger charge is -2.33. The third-order valence-electron chi connectivity index (χ3n) is 4.01. The minimum Gasteiger partial charge on any atom is -0.450 e. The number of anilines is 1. The molecule has 0 saturated carbocycles. The topological polar surface area (TPSA) is 119 Å². The number of ether oxygens (including phenoxy) is 1. The Bertz CT molecular complexity index is 686. The number of hydrogen-bond donors (Lipinski definition) is 3. The molecule has 2 rings (SSSR count). The fourth-order valence-corrected chi connectivity index (χ4v) is 3.94. The molecule has 1 aliphatic heterocycles. The molecule has 1 aromatic rings. The van der Waals surface area contributed by atoms with Crippen LogP contribution < -0.4 is 5.32 Å². The van der Waals surface area contributed by atoms with E-state index in [1.54, 1.807) is 19.1 Å². The second-order valence-corrected chi connectivity index (χ2v) is 7.77. The van der Waals surface area contributed by atoms with Crippen molar-refractivity contribution in [1.82, 2.24) is 9.21 Å². The summed E-state index contributed by atoms with van der Waals surface area (Å²) in [6.07, 6.45) is -1.31. The van der Waals surface area contributed by atoms with Crippen molar-refractivity contribution in [1.29, 1.82) is 0 Å². The minimum absolute atomic E-state index is 0.162. The molecule has 1 saturated heterocycles. The largest absolute Gasteiger partial charge is 0.450 e. The van der Waals surface area contributed by atoms with Crippen LogP contribution in [-0.4, -0.2) is 86.0 Å². The number of carbonyl (C=O) groups excluding carboxylic acids is 1. The zero-order chi connectivity index (χ0) is 19.2. The van der Waals surface area contributed by atoms with Crippen molar-refractivity contribution in [2.75, 3.05) is 51.3 Å². The number of piperazine rings is 1. The molecule has 1 aromatic carbocycles. The number of hydrogen-bond acceptors (Lipinski definition) is 7. The lowest BCUT2D eigenvalue weighted by atomic mass is 10.3. The van der Waals surface area contributed by atoms with Crippen molar-refractivity contribution in [3.8, 4) is 0 Å². The van der Waals surface area contributed by atoms with Gasteiger partial charge in [-0.1, -0.05) is 0 Å². The lowest BCUT2D eigenvalue weighted by molar-refractivity contribution is 0.0934. The highest BCUT2D eigenvalue weighted by Gasteiger charge is 2.30. The average Bonchev–Trinajstić information content (AvgIpc) is 2.66. The van der Waals surface area contributed by atoms with E-state index in [-0.39, 0.29) is 50.8 Å². The number of nitrogens with zero attached hydrogens (tertiary/aromatic N) is 2. The highest BCUT2D eigenvalue weighted by molar-refractivity contribution is 7.89. The van der Waals surface area contributed by atoms with Gasteiger partial charge in [0.1, 0.15) is 0 Å². The molecule has 1 fully saturated rings. The first-order chi connectivity index (χ1) is 12.4. The molecule has 0 bridgehead atoms. The van der Waals surface area contributed by atoms with E-state index in [0.29, 0.717) is 5.69 Å². The van der Waals surface area contributed by atoms with Crippen LogP contribution in [0.3, 0.4) is 0 Å².